The Hall–Kier alpha value is -6.18. The zero-order valence-corrected chi connectivity index (χ0v) is 31.3. The topological polar surface area (TPSA) is 3.24 Å². The van der Waals surface area contributed by atoms with Crippen LogP contribution in [-0.4, -0.2) is 0 Å². The van der Waals surface area contributed by atoms with Crippen molar-refractivity contribution in [2.24, 2.45) is 0 Å². The lowest BCUT2D eigenvalue weighted by Gasteiger charge is -2.36. The molecule has 0 aliphatic heterocycles. The second-order valence-corrected chi connectivity index (χ2v) is 15.0. The molecule has 0 saturated carbocycles. The fourth-order valence-electron chi connectivity index (χ4n) is 8.88. The first-order valence-electron chi connectivity index (χ1n) is 20.0. The van der Waals surface area contributed by atoms with Crippen LogP contribution >= 0.6 is 0 Å². The van der Waals surface area contributed by atoms with Crippen molar-refractivity contribution in [1.29, 1.82) is 0 Å². The number of benzene rings is 5. The highest BCUT2D eigenvalue weighted by Crippen LogP contribution is 2.46. The fraction of sp³-hybridized carbons (Fsp3) is 0.148. The number of rotatable bonds is 9. The first-order chi connectivity index (χ1) is 27.3. The van der Waals surface area contributed by atoms with Crippen LogP contribution in [0.5, 0.6) is 0 Å². The van der Waals surface area contributed by atoms with Gasteiger partial charge in [0.25, 0.3) is 0 Å². The van der Waals surface area contributed by atoms with Gasteiger partial charge in [-0.3, -0.25) is 0 Å². The Balaban J connectivity index is 1.19. The highest BCUT2D eigenvalue weighted by atomic mass is 15.2. The molecule has 1 nitrogen and oxygen atoms in total. The van der Waals surface area contributed by atoms with E-state index in [4.69, 9.17) is 0 Å². The van der Waals surface area contributed by atoms with Gasteiger partial charge in [-0.25, -0.2) is 0 Å². The number of anilines is 1. The molecule has 5 aromatic rings. The molecular formula is C54H47N. The zero-order valence-electron chi connectivity index (χ0n) is 31.3. The van der Waals surface area contributed by atoms with E-state index in [0.29, 0.717) is 5.92 Å². The average molecular weight is 710 g/mol. The highest BCUT2D eigenvalue weighted by molar-refractivity contribution is 5.87. The minimum Gasteiger partial charge on any atom is -0.315 e. The van der Waals surface area contributed by atoms with Gasteiger partial charge in [0.15, 0.2) is 0 Å². The summed E-state index contributed by atoms with van der Waals surface area (Å²) in [5, 5.41) is 0. The summed E-state index contributed by atoms with van der Waals surface area (Å²) in [6.45, 7) is 0. The van der Waals surface area contributed by atoms with Crippen molar-refractivity contribution in [2.75, 3.05) is 4.90 Å². The molecule has 3 atom stereocenters. The van der Waals surface area contributed by atoms with Crippen LogP contribution in [-0.2, 0) is 0 Å². The lowest BCUT2D eigenvalue weighted by molar-refractivity contribution is 0.698. The Bertz CT molecular complexity index is 2400. The van der Waals surface area contributed by atoms with Crippen molar-refractivity contribution in [3.63, 3.8) is 0 Å². The molecule has 268 valence electrons. The largest absolute Gasteiger partial charge is 0.315 e. The number of allylic oxidation sites excluding steroid dienone is 15. The first kappa shape index (κ1) is 34.6. The van der Waals surface area contributed by atoms with Gasteiger partial charge < -0.3 is 4.90 Å². The fourth-order valence-corrected chi connectivity index (χ4v) is 8.88. The molecule has 3 unspecified atom stereocenters. The molecule has 5 aromatic carbocycles. The van der Waals surface area contributed by atoms with Crippen LogP contribution in [0, 0.1) is 0 Å². The molecule has 9 rings (SSSR count). The van der Waals surface area contributed by atoms with Crippen LogP contribution in [0.25, 0.3) is 22.3 Å². The van der Waals surface area contributed by atoms with Crippen LogP contribution in [0.2, 0.25) is 0 Å². The van der Waals surface area contributed by atoms with Crippen molar-refractivity contribution in [1.82, 2.24) is 0 Å². The quantitative estimate of drug-likeness (QED) is 0.147. The third kappa shape index (κ3) is 7.36. The van der Waals surface area contributed by atoms with Gasteiger partial charge in [-0.2, -0.15) is 0 Å². The van der Waals surface area contributed by atoms with E-state index in [2.05, 4.69) is 211 Å². The van der Waals surface area contributed by atoms with Crippen molar-refractivity contribution in [2.45, 2.75) is 49.9 Å². The Morgan fingerprint density at radius 3 is 1.91 bits per heavy atom. The van der Waals surface area contributed by atoms with Gasteiger partial charge in [-0.05, 0) is 106 Å². The summed E-state index contributed by atoms with van der Waals surface area (Å²) >= 11 is 0. The number of hydrogen-bond acceptors (Lipinski definition) is 1. The van der Waals surface area contributed by atoms with Gasteiger partial charge in [0.05, 0.1) is 0 Å². The summed E-state index contributed by atoms with van der Waals surface area (Å²) in [6.07, 6.45) is 33.4. The van der Waals surface area contributed by atoms with E-state index in [1.54, 1.807) is 0 Å². The van der Waals surface area contributed by atoms with Gasteiger partial charge in [0.1, 0.15) is 0 Å². The molecule has 4 aliphatic carbocycles. The zero-order chi connectivity index (χ0) is 36.8. The minimum atomic E-state index is 0.166. The van der Waals surface area contributed by atoms with Gasteiger partial charge in [-0.1, -0.05) is 182 Å². The number of hydrogen-bond donors (Lipinski definition) is 0. The van der Waals surface area contributed by atoms with Crippen molar-refractivity contribution in [3.8, 4) is 22.3 Å². The molecule has 0 saturated heterocycles. The van der Waals surface area contributed by atoms with Crippen molar-refractivity contribution in [3.05, 3.63) is 246 Å². The van der Waals surface area contributed by atoms with E-state index in [-0.39, 0.29) is 11.8 Å². The van der Waals surface area contributed by atoms with Crippen LogP contribution in [0.1, 0.15) is 66.5 Å². The van der Waals surface area contributed by atoms with Crippen LogP contribution in [0.15, 0.2) is 229 Å². The van der Waals surface area contributed by atoms with E-state index in [9.17, 15) is 0 Å². The minimum absolute atomic E-state index is 0.166. The maximum absolute atomic E-state index is 2.55. The molecule has 1 heteroatoms. The second-order valence-electron chi connectivity index (χ2n) is 15.0. The van der Waals surface area contributed by atoms with Crippen molar-refractivity contribution >= 4 is 5.69 Å². The van der Waals surface area contributed by atoms with E-state index in [0.717, 1.165) is 32.1 Å². The lowest BCUT2D eigenvalue weighted by atomic mass is 9.74. The molecule has 55 heavy (non-hydrogen) atoms. The summed E-state index contributed by atoms with van der Waals surface area (Å²) in [5.74, 6) is 0.761. The molecule has 0 aromatic heterocycles. The van der Waals surface area contributed by atoms with Gasteiger partial charge >= 0.3 is 0 Å². The Kier molecular flexibility index (Phi) is 10.1. The summed E-state index contributed by atoms with van der Waals surface area (Å²) in [4.78, 5) is 2.55. The van der Waals surface area contributed by atoms with Gasteiger partial charge in [-0.15, -0.1) is 0 Å². The van der Waals surface area contributed by atoms with Crippen LogP contribution in [0.3, 0.4) is 0 Å². The third-order valence-electron chi connectivity index (χ3n) is 11.7. The SMILES string of the molecule is C1=CCCC(C2=CC=C(N(C3=CC(c4ccccc4)C(c4ccccc4C4C=CC=CC4)C=C3)c3ccc(-c4ccccc4)c(-c4ccccc4)c3)CC2)=C1. The maximum Gasteiger partial charge on any atom is 0.0464 e. The second kappa shape index (κ2) is 16.0. The van der Waals surface area contributed by atoms with Crippen LogP contribution < -0.4 is 4.90 Å². The van der Waals surface area contributed by atoms with E-state index in [1.165, 1.54) is 67.2 Å². The van der Waals surface area contributed by atoms with E-state index in [1.807, 2.05) is 0 Å². The Morgan fingerprint density at radius 2 is 1.22 bits per heavy atom. The molecule has 4 aliphatic rings. The summed E-state index contributed by atoms with van der Waals surface area (Å²) in [7, 11) is 0. The summed E-state index contributed by atoms with van der Waals surface area (Å²) in [5.41, 5.74) is 15.8. The molecule has 0 fully saturated rings. The first-order valence-corrected chi connectivity index (χ1v) is 20.0. The molecule has 0 amide bonds. The lowest BCUT2D eigenvalue weighted by Crippen LogP contribution is -2.25. The Labute approximate surface area is 327 Å². The standard InChI is InChI=1S/C54H47N/c1-6-18-40(19-7-1)41-30-32-46(33-31-41)55(47-34-36-50(43-22-10-3-11-23-43)53(38-47)44-24-12-4-13-25-44)48-35-37-52(54(39-48)45-26-14-5-15-27-45)51-29-17-16-28-49(51)42-20-8-2-9-21-42/h1-6,8-18,20,22-30,32,34-39,42,52,54H,7,19,21,31,33H2. The predicted octanol–water partition coefficient (Wildman–Crippen LogP) is 14.3. The van der Waals surface area contributed by atoms with Gasteiger partial charge in [0, 0.05) is 34.8 Å². The molecule has 0 spiro atoms. The highest BCUT2D eigenvalue weighted by Gasteiger charge is 2.30. The smallest absolute Gasteiger partial charge is 0.0464 e. The third-order valence-corrected chi connectivity index (χ3v) is 11.7. The molecule has 0 bridgehead atoms. The van der Waals surface area contributed by atoms with E-state index < -0.39 is 0 Å². The van der Waals surface area contributed by atoms with E-state index >= 15 is 0 Å². The summed E-state index contributed by atoms with van der Waals surface area (Å²) < 4.78 is 0. The van der Waals surface area contributed by atoms with Crippen molar-refractivity contribution < 1.29 is 0 Å². The normalized spacial score (nSPS) is 20.3. The van der Waals surface area contributed by atoms with Gasteiger partial charge in [0.2, 0.25) is 0 Å². The molecule has 0 radical (unpaired) electrons. The average Bonchev–Trinajstić information content (AvgIpc) is 3.28. The summed E-state index contributed by atoms with van der Waals surface area (Å²) in [6, 6.07) is 49.0. The predicted molar refractivity (Wildman–Crippen MR) is 233 cm³/mol. The van der Waals surface area contributed by atoms with Crippen LogP contribution in [0.4, 0.5) is 5.69 Å². The molecule has 0 N–H and O–H groups in total. The Morgan fingerprint density at radius 1 is 0.509 bits per heavy atom. The number of nitrogens with zero attached hydrogens (tertiary/aromatic N) is 1. The maximum atomic E-state index is 2.55. The molecule has 0 heterocycles. The molecular weight excluding hydrogens is 663 g/mol. The monoisotopic (exact) mass is 709 g/mol.